The van der Waals surface area contributed by atoms with Gasteiger partial charge in [0.15, 0.2) is 5.16 Å². The van der Waals surface area contributed by atoms with Crippen LogP contribution in [-0.4, -0.2) is 24.1 Å². The van der Waals surface area contributed by atoms with Crippen molar-refractivity contribution in [1.29, 1.82) is 0 Å². The highest BCUT2D eigenvalue weighted by Gasteiger charge is 2.04. The van der Waals surface area contributed by atoms with Crippen LogP contribution in [0.15, 0.2) is 35.5 Å². The van der Waals surface area contributed by atoms with E-state index >= 15 is 0 Å². The number of nitrogens with zero attached hydrogens (tertiary/aromatic N) is 2. The molecule has 0 fully saturated rings. The van der Waals surface area contributed by atoms with Crippen molar-refractivity contribution in [2.24, 2.45) is 0 Å². The van der Waals surface area contributed by atoms with Gasteiger partial charge >= 0.3 is 0 Å². The van der Waals surface area contributed by atoms with E-state index in [0.717, 1.165) is 17.3 Å². The standard InChI is InChI=1S/C13H14ClN3OS/c1-15-12-7-11(14)16-13(17-12)19-8-9-3-5-10(18-2)6-4-9/h3-7H,8H2,1-2H3,(H,15,16,17). The fourth-order valence-electron chi connectivity index (χ4n) is 1.46. The number of ether oxygens (including phenoxy) is 1. The predicted octanol–water partition coefficient (Wildman–Crippen LogP) is 3.47. The molecule has 0 bridgehead atoms. The summed E-state index contributed by atoms with van der Waals surface area (Å²) >= 11 is 7.47. The van der Waals surface area contributed by atoms with E-state index in [2.05, 4.69) is 15.3 Å². The van der Waals surface area contributed by atoms with Gasteiger partial charge in [-0.05, 0) is 17.7 Å². The average molecular weight is 296 g/mol. The molecular weight excluding hydrogens is 282 g/mol. The van der Waals surface area contributed by atoms with Crippen LogP contribution in [0.2, 0.25) is 5.15 Å². The molecule has 0 aliphatic carbocycles. The number of methoxy groups -OCH3 is 1. The molecule has 100 valence electrons. The van der Waals surface area contributed by atoms with Gasteiger partial charge in [0.2, 0.25) is 0 Å². The molecule has 0 aliphatic rings. The number of halogens is 1. The number of nitrogens with one attached hydrogen (secondary N) is 1. The highest BCUT2D eigenvalue weighted by atomic mass is 35.5. The Kier molecular flexibility index (Phi) is 4.87. The molecule has 4 nitrogen and oxygen atoms in total. The molecule has 0 atom stereocenters. The number of hydrogen-bond donors (Lipinski definition) is 1. The molecule has 0 aliphatic heterocycles. The van der Waals surface area contributed by atoms with Gasteiger partial charge < -0.3 is 10.1 Å². The Morgan fingerprint density at radius 3 is 2.63 bits per heavy atom. The van der Waals surface area contributed by atoms with Gasteiger partial charge in [-0.3, -0.25) is 0 Å². The summed E-state index contributed by atoms with van der Waals surface area (Å²) in [7, 11) is 3.46. The van der Waals surface area contributed by atoms with Crippen LogP contribution in [0.1, 0.15) is 5.56 Å². The van der Waals surface area contributed by atoms with Gasteiger partial charge in [-0.15, -0.1) is 0 Å². The zero-order valence-electron chi connectivity index (χ0n) is 10.7. The summed E-state index contributed by atoms with van der Waals surface area (Å²) in [5, 5.41) is 4.06. The number of aromatic nitrogens is 2. The lowest BCUT2D eigenvalue weighted by atomic mass is 10.2. The van der Waals surface area contributed by atoms with E-state index in [-0.39, 0.29) is 0 Å². The van der Waals surface area contributed by atoms with Crippen LogP contribution in [0.4, 0.5) is 5.82 Å². The molecule has 1 aromatic heterocycles. The number of thioether (sulfide) groups is 1. The van der Waals surface area contributed by atoms with E-state index in [4.69, 9.17) is 16.3 Å². The molecule has 1 N–H and O–H groups in total. The van der Waals surface area contributed by atoms with E-state index in [1.807, 2.05) is 24.3 Å². The molecule has 0 saturated heterocycles. The molecular formula is C13H14ClN3OS. The molecule has 0 spiro atoms. The van der Waals surface area contributed by atoms with Gasteiger partial charge in [-0.1, -0.05) is 35.5 Å². The Balaban J connectivity index is 2.03. The van der Waals surface area contributed by atoms with Crippen LogP contribution in [0.25, 0.3) is 0 Å². The minimum Gasteiger partial charge on any atom is -0.497 e. The van der Waals surface area contributed by atoms with E-state index in [1.165, 1.54) is 5.56 Å². The van der Waals surface area contributed by atoms with Crippen molar-refractivity contribution in [2.45, 2.75) is 10.9 Å². The van der Waals surface area contributed by atoms with Crippen molar-refractivity contribution < 1.29 is 4.74 Å². The SMILES string of the molecule is CNc1cc(Cl)nc(SCc2ccc(OC)cc2)n1. The second kappa shape index (κ2) is 6.63. The monoisotopic (exact) mass is 295 g/mol. The maximum Gasteiger partial charge on any atom is 0.191 e. The summed E-state index contributed by atoms with van der Waals surface area (Å²) < 4.78 is 5.12. The lowest BCUT2D eigenvalue weighted by Crippen LogP contribution is -1.96. The van der Waals surface area contributed by atoms with Crippen molar-refractivity contribution in [3.05, 3.63) is 41.0 Å². The molecule has 1 aromatic carbocycles. The first kappa shape index (κ1) is 14.0. The molecule has 1 heterocycles. The van der Waals surface area contributed by atoms with Gasteiger partial charge in [0, 0.05) is 18.9 Å². The predicted molar refractivity (Wildman–Crippen MR) is 79.1 cm³/mol. The molecule has 2 rings (SSSR count). The molecule has 2 aromatic rings. The number of anilines is 1. The summed E-state index contributed by atoms with van der Waals surface area (Å²) in [5.41, 5.74) is 1.18. The molecule has 0 unspecified atom stereocenters. The van der Waals surface area contributed by atoms with E-state index in [1.54, 1.807) is 32.0 Å². The highest BCUT2D eigenvalue weighted by Crippen LogP contribution is 2.23. The average Bonchev–Trinajstić information content (AvgIpc) is 2.45. The Hall–Kier alpha value is -1.46. The van der Waals surface area contributed by atoms with E-state index in [0.29, 0.717) is 10.3 Å². The Labute approximate surface area is 121 Å². The highest BCUT2D eigenvalue weighted by molar-refractivity contribution is 7.98. The summed E-state index contributed by atoms with van der Waals surface area (Å²) in [4.78, 5) is 8.52. The lowest BCUT2D eigenvalue weighted by molar-refractivity contribution is 0.414. The smallest absolute Gasteiger partial charge is 0.191 e. The van der Waals surface area contributed by atoms with Crippen molar-refractivity contribution in [2.75, 3.05) is 19.5 Å². The van der Waals surface area contributed by atoms with Crippen LogP contribution in [0.5, 0.6) is 5.75 Å². The fraction of sp³-hybridized carbons (Fsp3) is 0.231. The zero-order chi connectivity index (χ0) is 13.7. The minimum atomic E-state index is 0.441. The van der Waals surface area contributed by atoms with Crippen molar-refractivity contribution >= 4 is 29.2 Å². The van der Waals surface area contributed by atoms with E-state index < -0.39 is 0 Å². The van der Waals surface area contributed by atoms with Crippen molar-refractivity contribution in [3.63, 3.8) is 0 Å². The van der Waals surface area contributed by atoms with Crippen LogP contribution < -0.4 is 10.1 Å². The summed E-state index contributed by atoms with van der Waals surface area (Å²) in [6.45, 7) is 0. The lowest BCUT2D eigenvalue weighted by Gasteiger charge is -2.05. The van der Waals surface area contributed by atoms with Crippen molar-refractivity contribution in [3.8, 4) is 5.75 Å². The fourth-order valence-corrected chi connectivity index (χ4v) is 2.51. The summed E-state index contributed by atoms with van der Waals surface area (Å²) in [6.07, 6.45) is 0. The van der Waals surface area contributed by atoms with Gasteiger partial charge in [-0.25, -0.2) is 9.97 Å². The zero-order valence-corrected chi connectivity index (χ0v) is 12.3. The molecule has 0 amide bonds. The summed E-state index contributed by atoms with van der Waals surface area (Å²) in [5.74, 6) is 2.36. The first-order chi connectivity index (χ1) is 9.21. The Morgan fingerprint density at radius 1 is 1.26 bits per heavy atom. The third-order valence-corrected chi connectivity index (χ3v) is 3.57. The molecule has 0 saturated carbocycles. The molecule has 6 heteroatoms. The third-order valence-electron chi connectivity index (χ3n) is 2.46. The number of hydrogen-bond acceptors (Lipinski definition) is 5. The topological polar surface area (TPSA) is 47.0 Å². The van der Waals surface area contributed by atoms with Gasteiger partial charge in [-0.2, -0.15) is 0 Å². The first-order valence-electron chi connectivity index (χ1n) is 5.69. The maximum atomic E-state index is 5.93. The number of benzene rings is 1. The van der Waals surface area contributed by atoms with Gasteiger partial charge in [0.1, 0.15) is 16.7 Å². The van der Waals surface area contributed by atoms with Crippen LogP contribution in [0.3, 0.4) is 0 Å². The normalized spacial score (nSPS) is 10.3. The first-order valence-corrected chi connectivity index (χ1v) is 7.05. The second-order valence-corrected chi connectivity index (χ2v) is 5.07. The van der Waals surface area contributed by atoms with Crippen LogP contribution >= 0.6 is 23.4 Å². The second-order valence-electron chi connectivity index (χ2n) is 3.75. The molecule has 0 radical (unpaired) electrons. The maximum absolute atomic E-state index is 5.93. The molecule has 19 heavy (non-hydrogen) atoms. The number of rotatable bonds is 5. The third kappa shape index (κ3) is 4.01. The largest absolute Gasteiger partial charge is 0.497 e. The van der Waals surface area contributed by atoms with Gasteiger partial charge in [0.05, 0.1) is 7.11 Å². The van der Waals surface area contributed by atoms with Gasteiger partial charge in [0.25, 0.3) is 0 Å². The quantitative estimate of drug-likeness (QED) is 0.520. The van der Waals surface area contributed by atoms with Crippen molar-refractivity contribution in [1.82, 2.24) is 9.97 Å². The Bertz CT molecular complexity index is 548. The summed E-state index contributed by atoms with van der Waals surface area (Å²) in [6, 6.07) is 9.62. The van der Waals surface area contributed by atoms with E-state index in [9.17, 15) is 0 Å². The van der Waals surface area contributed by atoms with Crippen LogP contribution in [-0.2, 0) is 5.75 Å². The van der Waals surface area contributed by atoms with Crippen LogP contribution in [0, 0.1) is 0 Å². The Morgan fingerprint density at radius 2 is 2.00 bits per heavy atom. The minimum absolute atomic E-state index is 0.441.